The zero-order valence-electron chi connectivity index (χ0n) is 11.2. The van der Waals surface area contributed by atoms with Gasteiger partial charge in [0, 0.05) is 23.8 Å². The van der Waals surface area contributed by atoms with Gasteiger partial charge in [-0.1, -0.05) is 13.0 Å². The van der Waals surface area contributed by atoms with E-state index in [4.69, 9.17) is 0 Å². The van der Waals surface area contributed by atoms with E-state index in [1.807, 2.05) is 32.0 Å². The summed E-state index contributed by atoms with van der Waals surface area (Å²) in [6.07, 6.45) is 4.54. The molecule has 5 heteroatoms. The van der Waals surface area contributed by atoms with Crippen LogP contribution in [0.15, 0.2) is 30.6 Å². The van der Waals surface area contributed by atoms with E-state index >= 15 is 0 Å². The largest absolute Gasteiger partial charge is 0.346 e. The van der Waals surface area contributed by atoms with Crippen LogP contribution in [0.5, 0.6) is 0 Å². The van der Waals surface area contributed by atoms with E-state index < -0.39 is 0 Å². The van der Waals surface area contributed by atoms with E-state index in [1.165, 1.54) is 0 Å². The lowest BCUT2D eigenvalue weighted by Crippen LogP contribution is -2.30. The molecule has 2 heterocycles. The Morgan fingerprint density at radius 3 is 2.84 bits per heavy atom. The Morgan fingerprint density at radius 2 is 2.26 bits per heavy atom. The Bertz CT molecular complexity index is 535. The second kappa shape index (κ2) is 6.13. The van der Waals surface area contributed by atoms with Crippen LogP contribution >= 0.6 is 0 Å². The molecule has 2 aromatic rings. The molecule has 2 aromatic heterocycles. The van der Waals surface area contributed by atoms with E-state index in [0.29, 0.717) is 0 Å². The maximum atomic E-state index is 12.0. The van der Waals surface area contributed by atoms with E-state index in [-0.39, 0.29) is 18.4 Å². The number of hydrogen-bond donors (Lipinski definition) is 2. The highest BCUT2D eigenvalue weighted by molar-refractivity contribution is 5.78. The molecular weight excluding hydrogens is 240 g/mol. The molecule has 1 amide bonds. The van der Waals surface area contributed by atoms with Crippen molar-refractivity contribution in [3.8, 4) is 0 Å². The predicted octanol–water partition coefficient (Wildman–Crippen LogP) is 1.92. The average molecular weight is 258 g/mol. The number of rotatable bonds is 5. The highest BCUT2D eigenvalue weighted by atomic mass is 16.1. The minimum absolute atomic E-state index is 0.0420. The Morgan fingerprint density at radius 1 is 1.42 bits per heavy atom. The van der Waals surface area contributed by atoms with Crippen LogP contribution < -0.4 is 5.32 Å². The number of aromatic nitrogens is 3. The van der Waals surface area contributed by atoms with Gasteiger partial charge in [-0.05, 0) is 25.5 Å². The van der Waals surface area contributed by atoms with E-state index in [0.717, 1.165) is 23.6 Å². The van der Waals surface area contributed by atoms with Gasteiger partial charge in [-0.25, -0.2) is 4.98 Å². The van der Waals surface area contributed by atoms with E-state index in [2.05, 4.69) is 20.3 Å². The topological polar surface area (TPSA) is 70.7 Å². The Labute approximate surface area is 112 Å². The summed E-state index contributed by atoms with van der Waals surface area (Å²) in [5, 5.41) is 2.97. The summed E-state index contributed by atoms with van der Waals surface area (Å²) in [7, 11) is 0. The normalized spacial score (nSPS) is 12.1. The highest BCUT2D eigenvalue weighted by Crippen LogP contribution is 2.12. The molecule has 0 aliphatic heterocycles. The van der Waals surface area contributed by atoms with Crippen LogP contribution in [0, 0.1) is 6.92 Å². The third-order valence-electron chi connectivity index (χ3n) is 2.86. The van der Waals surface area contributed by atoms with E-state index in [9.17, 15) is 4.79 Å². The molecule has 0 saturated carbocycles. The monoisotopic (exact) mass is 258 g/mol. The third-order valence-corrected chi connectivity index (χ3v) is 2.86. The van der Waals surface area contributed by atoms with Gasteiger partial charge in [-0.15, -0.1) is 0 Å². The number of aromatic amines is 1. The molecule has 5 nitrogen and oxygen atoms in total. The zero-order chi connectivity index (χ0) is 13.7. The summed E-state index contributed by atoms with van der Waals surface area (Å²) in [5.74, 6) is 0.758. The lowest BCUT2D eigenvalue weighted by Gasteiger charge is -2.14. The van der Waals surface area contributed by atoms with Crippen molar-refractivity contribution in [2.45, 2.75) is 32.7 Å². The average Bonchev–Trinajstić information content (AvgIpc) is 2.83. The molecule has 0 saturated heterocycles. The van der Waals surface area contributed by atoms with Gasteiger partial charge in [0.25, 0.3) is 0 Å². The fourth-order valence-electron chi connectivity index (χ4n) is 1.89. The second-order valence-corrected chi connectivity index (χ2v) is 4.48. The Kier molecular flexibility index (Phi) is 4.28. The first kappa shape index (κ1) is 13.3. The van der Waals surface area contributed by atoms with Gasteiger partial charge in [0.15, 0.2) is 0 Å². The van der Waals surface area contributed by atoms with Crippen molar-refractivity contribution < 1.29 is 4.79 Å². The van der Waals surface area contributed by atoms with Crippen molar-refractivity contribution >= 4 is 5.91 Å². The van der Waals surface area contributed by atoms with Gasteiger partial charge in [0.2, 0.25) is 5.91 Å². The molecule has 0 fully saturated rings. The highest BCUT2D eigenvalue weighted by Gasteiger charge is 2.15. The minimum atomic E-state index is -0.0788. The van der Waals surface area contributed by atoms with Crippen molar-refractivity contribution in [1.82, 2.24) is 20.3 Å². The zero-order valence-corrected chi connectivity index (χ0v) is 11.2. The molecule has 0 spiro atoms. The maximum absolute atomic E-state index is 12.0. The number of hydrogen-bond acceptors (Lipinski definition) is 3. The molecule has 0 aliphatic rings. The Hall–Kier alpha value is -2.17. The van der Waals surface area contributed by atoms with Gasteiger partial charge in [0.05, 0.1) is 12.5 Å². The van der Waals surface area contributed by atoms with Crippen LogP contribution in [-0.4, -0.2) is 20.9 Å². The fraction of sp³-hybridized carbons (Fsp3) is 0.357. The predicted molar refractivity (Wildman–Crippen MR) is 72.4 cm³/mol. The van der Waals surface area contributed by atoms with Crippen LogP contribution in [0.4, 0.5) is 0 Å². The molecule has 1 atom stereocenters. The number of H-pyrrole nitrogens is 1. The first-order chi connectivity index (χ1) is 9.19. The molecule has 0 radical (unpaired) electrons. The van der Waals surface area contributed by atoms with Crippen molar-refractivity contribution in [2.75, 3.05) is 0 Å². The summed E-state index contributed by atoms with van der Waals surface area (Å²) < 4.78 is 0. The summed E-state index contributed by atoms with van der Waals surface area (Å²) in [6, 6.07) is 5.48. The smallest absolute Gasteiger partial charge is 0.226 e. The van der Waals surface area contributed by atoms with Gasteiger partial charge in [-0.3, -0.25) is 9.78 Å². The lowest BCUT2D eigenvalue weighted by atomic mass is 10.2. The summed E-state index contributed by atoms with van der Waals surface area (Å²) in [6.45, 7) is 3.96. The fourth-order valence-corrected chi connectivity index (χ4v) is 1.89. The van der Waals surface area contributed by atoms with Crippen molar-refractivity contribution in [1.29, 1.82) is 0 Å². The van der Waals surface area contributed by atoms with E-state index in [1.54, 1.807) is 12.4 Å². The quantitative estimate of drug-likeness (QED) is 0.860. The molecule has 1 unspecified atom stereocenters. The Balaban J connectivity index is 1.97. The van der Waals surface area contributed by atoms with Crippen molar-refractivity contribution in [3.63, 3.8) is 0 Å². The maximum Gasteiger partial charge on any atom is 0.226 e. The SMILES string of the molecule is CCC(NC(=O)Cc1ccccn1)c1ncc(C)[nH]1. The molecule has 19 heavy (non-hydrogen) atoms. The molecular formula is C14H18N4O. The molecule has 0 aliphatic carbocycles. The third kappa shape index (κ3) is 3.64. The van der Waals surface area contributed by atoms with Gasteiger partial charge < -0.3 is 10.3 Å². The summed E-state index contributed by atoms with van der Waals surface area (Å²) in [5.41, 5.74) is 1.76. The van der Waals surface area contributed by atoms with Gasteiger partial charge in [0.1, 0.15) is 5.82 Å². The number of nitrogens with zero attached hydrogens (tertiary/aromatic N) is 2. The number of carbonyl (C=O) groups is 1. The number of carbonyl (C=O) groups excluding carboxylic acids is 1. The van der Waals surface area contributed by atoms with Crippen LogP contribution in [0.1, 0.15) is 36.6 Å². The standard InChI is InChI=1S/C14H18N4O/c1-3-12(14-16-9-10(2)17-14)18-13(19)8-11-6-4-5-7-15-11/h4-7,9,12H,3,8H2,1-2H3,(H,16,17)(H,18,19). The number of amides is 1. The van der Waals surface area contributed by atoms with Crippen LogP contribution in [0.3, 0.4) is 0 Å². The molecule has 100 valence electrons. The summed E-state index contributed by atoms with van der Waals surface area (Å²) in [4.78, 5) is 23.5. The van der Waals surface area contributed by atoms with Crippen molar-refractivity contribution in [3.05, 3.63) is 47.8 Å². The first-order valence-electron chi connectivity index (χ1n) is 6.39. The number of nitrogens with one attached hydrogen (secondary N) is 2. The molecule has 2 rings (SSSR count). The molecule has 0 aromatic carbocycles. The lowest BCUT2D eigenvalue weighted by molar-refractivity contribution is -0.121. The van der Waals surface area contributed by atoms with Crippen molar-refractivity contribution in [2.24, 2.45) is 0 Å². The van der Waals surface area contributed by atoms with Crippen LogP contribution in [-0.2, 0) is 11.2 Å². The van der Waals surface area contributed by atoms with Gasteiger partial charge in [-0.2, -0.15) is 0 Å². The second-order valence-electron chi connectivity index (χ2n) is 4.48. The van der Waals surface area contributed by atoms with Gasteiger partial charge >= 0.3 is 0 Å². The number of aryl methyl sites for hydroxylation is 1. The number of pyridine rings is 1. The molecule has 2 N–H and O–H groups in total. The van der Waals surface area contributed by atoms with Crippen LogP contribution in [0.2, 0.25) is 0 Å². The molecule has 0 bridgehead atoms. The number of imidazole rings is 1. The summed E-state index contributed by atoms with van der Waals surface area (Å²) >= 11 is 0. The van der Waals surface area contributed by atoms with Crippen LogP contribution in [0.25, 0.3) is 0 Å². The minimum Gasteiger partial charge on any atom is -0.346 e. The first-order valence-corrected chi connectivity index (χ1v) is 6.39.